The maximum atomic E-state index is 12.5. The van der Waals surface area contributed by atoms with Crippen molar-refractivity contribution in [1.29, 1.82) is 0 Å². The Morgan fingerprint density at radius 2 is 2.00 bits per heavy atom. The van der Waals surface area contributed by atoms with E-state index in [2.05, 4.69) is 15.3 Å². The minimum absolute atomic E-state index is 0.147. The fourth-order valence-electron chi connectivity index (χ4n) is 3.33. The van der Waals surface area contributed by atoms with Gasteiger partial charge in [-0.15, -0.1) is 0 Å². The second-order valence-electron chi connectivity index (χ2n) is 7.23. The molecule has 0 bridgehead atoms. The molecular formula is C21H25N3O6. The number of nitrogens with one attached hydrogen (secondary N) is 1. The van der Waals surface area contributed by atoms with Crippen LogP contribution >= 0.6 is 0 Å². The van der Waals surface area contributed by atoms with Crippen LogP contribution in [0.4, 0.5) is 0 Å². The van der Waals surface area contributed by atoms with Crippen molar-refractivity contribution in [2.45, 2.75) is 37.8 Å². The van der Waals surface area contributed by atoms with Gasteiger partial charge in [-0.25, -0.2) is 9.78 Å². The highest BCUT2D eigenvalue weighted by molar-refractivity contribution is 5.89. The number of rotatable bonds is 8. The van der Waals surface area contributed by atoms with Gasteiger partial charge in [0.25, 0.3) is 5.91 Å². The average molecular weight is 415 g/mol. The maximum absolute atomic E-state index is 12.5. The molecule has 1 aliphatic heterocycles. The standard InChI is InChI=1S/C21H25N3O6/c1-21(9-4-10-30-21)19(27)23-16(18(25)26)11-13-5-7-14(8-6-13)15-12-22-20(29-3)24-17(15)28-2/h5-8,12,16H,4,9-11H2,1-3H3,(H,23,27)(H,25,26). The number of methoxy groups -OCH3 is 2. The van der Waals surface area contributed by atoms with Gasteiger partial charge >= 0.3 is 12.0 Å². The average Bonchev–Trinajstić information content (AvgIpc) is 3.21. The zero-order chi connectivity index (χ0) is 21.7. The number of carboxylic acids is 1. The van der Waals surface area contributed by atoms with Gasteiger partial charge in [0.1, 0.15) is 11.6 Å². The molecule has 1 fully saturated rings. The highest BCUT2D eigenvalue weighted by atomic mass is 16.5. The van der Waals surface area contributed by atoms with Gasteiger partial charge in [-0.05, 0) is 30.9 Å². The Hall–Kier alpha value is -3.20. The SMILES string of the molecule is COc1ncc(-c2ccc(CC(NC(=O)C3(C)CCCO3)C(=O)O)cc2)c(OC)n1. The highest BCUT2D eigenvalue weighted by Crippen LogP contribution is 2.29. The van der Waals surface area contributed by atoms with Crippen molar-refractivity contribution in [2.24, 2.45) is 0 Å². The third kappa shape index (κ3) is 4.68. The van der Waals surface area contributed by atoms with Crippen molar-refractivity contribution in [3.05, 3.63) is 36.0 Å². The summed E-state index contributed by atoms with van der Waals surface area (Å²) in [6.07, 6.45) is 3.10. The molecule has 1 aliphatic rings. The normalized spacial score (nSPS) is 19.2. The number of aliphatic carboxylic acids is 1. The Balaban J connectivity index is 1.73. The minimum atomic E-state index is -1.10. The zero-order valence-corrected chi connectivity index (χ0v) is 17.2. The largest absolute Gasteiger partial charge is 0.480 e. The van der Waals surface area contributed by atoms with Gasteiger partial charge in [-0.3, -0.25) is 4.79 Å². The third-order valence-corrected chi connectivity index (χ3v) is 5.11. The van der Waals surface area contributed by atoms with E-state index in [0.29, 0.717) is 24.5 Å². The molecule has 2 atom stereocenters. The monoisotopic (exact) mass is 415 g/mol. The molecule has 2 unspecified atom stereocenters. The van der Waals surface area contributed by atoms with Gasteiger partial charge < -0.3 is 24.6 Å². The molecule has 0 spiro atoms. The number of benzene rings is 1. The zero-order valence-electron chi connectivity index (χ0n) is 17.2. The van der Waals surface area contributed by atoms with Gasteiger partial charge in [-0.2, -0.15) is 4.98 Å². The van der Waals surface area contributed by atoms with Crippen LogP contribution in [0.3, 0.4) is 0 Å². The summed E-state index contributed by atoms with van der Waals surface area (Å²) >= 11 is 0. The summed E-state index contributed by atoms with van der Waals surface area (Å²) in [6, 6.07) is 6.40. The molecule has 0 aliphatic carbocycles. The van der Waals surface area contributed by atoms with Crippen molar-refractivity contribution in [1.82, 2.24) is 15.3 Å². The first kappa shape index (κ1) is 21.5. The van der Waals surface area contributed by atoms with Crippen LogP contribution < -0.4 is 14.8 Å². The van der Waals surface area contributed by atoms with Crippen LogP contribution in [0.5, 0.6) is 11.9 Å². The lowest BCUT2D eigenvalue weighted by Gasteiger charge is -2.24. The van der Waals surface area contributed by atoms with Crippen LogP contribution in [0, 0.1) is 0 Å². The molecule has 1 amide bonds. The predicted molar refractivity (Wildman–Crippen MR) is 107 cm³/mol. The van der Waals surface area contributed by atoms with E-state index in [4.69, 9.17) is 14.2 Å². The van der Waals surface area contributed by atoms with Crippen LogP contribution in [0.2, 0.25) is 0 Å². The van der Waals surface area contributed by atoms with Crippen molar-refractivity contribution in [2.75, 3.05) is 20.8 Å². The number of nitrogens with zero attached hydrogens (tertiary/aromatic N) is 2. The summed E-state index contributed by atoms with van der Waals surface area (Å²) in [5, 5.41) is 12.2. The number of carbonyl (C=O) groups is 2. The first-order valence-electron chi connectivity index (χ1n) is 9.58. The van der Waals surface area contributed by atoms with E-state index in [1.807, 2.05) is 12.1 Å². The summed E-state index contributed by atoms with van der Waals surface area (Å²) in [7, 11) is 2.98. The summed E-state index contributed by atoms with van der Waals surface area (Å²) in [5.74, 6) is -1.13. The molecule has 2 N–H and O–H groups in total. The predicted octanol–water partition coefficient (Wildman–Crippen LogP) is 1.84. The summed E-state index contributed by atoms with van der Waals surface area (Å²) < 4.78 is 15.8. The van der Waals surface area contributed by atoms with E-state index in [1.54, 1.807) is 25.3 Å². The summed E-state index contributed by atoms with van der Waals surface area (Å²) in [5.41, 5.74) is 1.28. The number of hydrogen-bond acceptors (Lipinski definition) is 7. The van der Waals surface area contributed by atoms with E-state index in [1.165, 1.54) is 14.2 Å². The molecule has 0 saturated carbocycles. The number of amides is 1. The summed E-state index contributed by atoms with van der Waals surface area (Å²) in [6.45, 7) is 2.19. The lowest BCUT2D eigenvalue weighted by molar-refractivity contribution is -0.147. The Morgan fingerprint density at radius 1 is 1.27 bits per heavy atom. The molecule has 1 aromatic heterocycles. The smallest absolute Gasteiger partial charge is 0.326 e. The van der Waals surface area contributed by atoms with E-state index in [-0.39, 0.29) is 12.4 Å². The molecule has 0 radical (unpaired) electrons. The van der Waals surface area contributed by atoms with Crippen LogP contribution in [0.1, 0.15) is 25.3 Å². The number of carboxylic acid groups (broad SMARTS) is 1. The van der Waals surface area contributed by atoms with Gasteiger partial charge in [0.2, 0.25) is 5.88 Å². The van der Waals surface area contributed by atoms with Crippen LogP contribution in [-0.4, -0.2) is 59.4 Å². The van der Waals surface area contributed by atoms with Gasteiger partial charge in [0.15, 0.2) is 0 Å². The van der Waals surface area contributed by atoms with Gasteiger partial charge in [0.05, 0.1) is 19.8 Å². The van der Waals surface area contributed by atoms with Crippen LogP contribution in [0.15, 0.2) is 30.5 Å². The maximum Gasteiger partial charge on any atom is 0.326 e. The molecule has 9 heteroatoms. The molecule has 1 saturated heterocycles. The van der Waals surface area contributed by atoms with Crippen molar-refractivity contribution < 1.29 is 28.9 Å². The lowest BCUT2D eigenvalue weighted by Crippen LogP contribution is -2.51. The number of carbonyl (C=O) groups excluding carboxylic acids is 1. The molecule has 3 rings (SSSR count). The molecule has 30 heavy (non-hydrogen) atoms. The van der Waals surface area contributed by atoms with Gasteiger partial charge in [0, 0.05) is 19.2 Å². The fourth-order valence-corrected chi connectivity index (χ4v) is 3.33. The topological polar surface area (TPSA) is 120 Å². The second-order valence-corrected chi connectivity index (χ2v) is 7.23. The Bertz CT molecular complexity index is 909. The highest BCUT2D eigenvalue weighted by Gasteiger charge is 2.39. The first-order valence-corrected chi connectivity index (χ1v) is 9.58. The van der Waals surface area contributed by atoms with E-state index in [0.717, 1.165) is 17.5 Å². The molecule has 2 aromatic rings. The lowest BCUT2D eigenvalue weighted by atomic mass is 9.99. The van der Waals surface area contributed by atoms with Gasteiger partial charge in [-0.1, -0.05) is 24.3 Å². The molecule has 160 valence electrons. The molecular weight excluding hydrogens is 390 g/mol. The Morgan fingerprint density at radius 3 is 2.57 bits per heavy atom. The number of ether oxygens (including phenoxy) is 3. The molecule has 1 aromatic carbocycles. The summed E-state index contributed by atoms with van der Waals surface area (Å²) in [4.78, 5) is 32.5. The van der Waals surface area contributed by atoms with Crippen LogP contribution in [0.25, 0.3) is 11.1 Å². The quantitative estimate of drug-likeness (QED) is 0.670. The van der Waals surface area contributed by atoms with Crippen LogP contribution in [-0.2, 0) is 20.7 Å². The Labute approximate surface area is 174 Å². The fraction of sp³-hybridized carbons (Fsp3) is 0.429. The first-order chi connectivity index (χ1) is 14.4. The van der Waals surface area contributed by atoms with Crippen molar-refractivity contribution in [3.63, 3.8) is 0 Å². The second kappa shape index (κ2) is 9.08. The van der Waals surface area contributed by atoms with E-state index >= 15 is 0 Å². The molecule has 2 heterocycles. The third-order valence-electron chi connectivity index (χ3n) is 5.11. The van der Waals surface area contributed by atoms with Crippen molar-refractivity contribution in [3.8, 4) is 23.0 Å². The number of hydrogen-bond donors (Lipinski definition) is 2. The number of aromatic nitrogens is 2. The van der Waals surface area contributed by atoms with E-state index in [9.17, 15) is 14.7 Å². The Kier molecular flexibility index (Phi) is 6.51. The van der Waals surface area contributed by atoms with E-state index < -0.39 is 23.5 Å². The minimum Gasteiger partial charge on any atom is -0.480 e. The molecule has 9 nitrogen and oxygen atoms in total. The van der Waals surface area contributed by atoms with Crippen molar-refractivity contribution >= 4 is 11.9 Å².